The summed E-state index contributed by atoms with van der Waals surface area (Å²) in [6, 6.07) is 9.00. The van der Waals surface area contributed by atoms with Crippen LogP contribution < -0.4 is 11.1 Å². The molecular formula is C18H16FN5O2. The number of rotatable bonds is 5. The molecule has 1 aliphatic rings. The van der Waals surface area contributed by atoms with Crippen molar-refractivity contribution >= 4 is 0 Å². The number of hydrogen-bond donors (Lipinski definition) is 0. The number of halogens is 1. The highest BCUT2D eigenvalue weighted by atomic mass is 19.1. The molecule has 4 rings (SSSR count). The number of nitrogens with zero attached hydrogens (tertiary/aromatic N) is 5. The van der Waals surface area contributed by atoms with E-state index < -0.39 is 23.3 Å². The summed E-state index contributed by atoms with van der Waals surface area (Å²) in [5.41, 5.74) is -0.360. The molecule has 3 aromatic heterocycles. The molecule has 0 saturated heterocycles. The van der Waals surface area contributed by atoms with Crippen LogP contribution in [0.3, 0.4) is 0 Å². The zero-order valence-electron chi connectivity index (χ0n) is 13.9. The summed E-state index contributed by atoms with van der Waals surface area (Å²) in [6.45, 7) is -0.524. The average Bonchev–Trinajstić information content (AvgIpc) is 3.48. The fraction of sp³-hybridized carbons (Fsp3) is 0.278. The highest BCUT2D eigenvalue weighted by Gasteiger charge is 2.45. The summed E-state index contributed by atoms with van der Waals surface area (Å²) in [5.74, 6) is 0. The van der Waals surface area contributed by atoms with Crippen LogP contribution in [0.5, 0.6) is 0 Å². The molecule has 3 aromatic rings. The SMILES string of the molecule is O=c1c(=O)n(C2(CF)CC2)ccn1Cc1ccc(-c2ccccn2)nn1. The van der Waals surface area contributed by atoms with E-state index in [1.54, 1.807) is 18.3 Å². The number of alkyl halides is 1. The van der Waals surface area contributed by atoms with E-state index in [2.05, 4.69) is 15.2 Å². The van der Waals surface area contributed by atoms with Gasteiger partial charge in [0.25, 0.3) is 0 Å². The van der Waals surface area contributed by atoms with Gasteiger partial charge in [-0.25, -0.2) is 4.39 Å². The van der Waals surface area contributed by atoms with Crippen molar-refractivity contribution in [3.8, 4) is 11.4 Å². The molecular weight excluding hydrogens is 337 g/mol. The van der Waals surface area contributed by atoms with E-state index in [1.807, 2.05) is 18.2 Å². The van der Waals surface area contributed by atoms with E-state index in [0.717, 1.165) is 0 Å². The van der Waals surface area contributed by atoms with Crippen molar-refractivity contribution in [3.05, 3.63) is 75.3 Å². The van der Waals surface area contributed by atoms with Crippen molar-refractivity contribution < 1.29 is 4.39 Å². The monoisotopic (exact) mass is 353 g/mol. The van der Waals surface area contributed by atoms with Crippen molar-refractivity contribution in [1.82, 2.24) is 24.3 Å². The van der Waals surface area contributed by atoms with Crippen LogP contribution in [0.1, 0.15) is 18.5 Å². The van der Waals surface area contributed by atoms with Crippen LogP contribution in [0.25, 0.3) is 11.4 Å². The topological polar surface area (TPSA) is 82.7 Å². The van der Waals surface area contributed by atoms with Crippen LogP contribution in [-0.2, 0) is 12.1 Å². The largest absolute Gasteiger partial charge is 0.317 e. The number of hydrogen-bond acceptors (Lipinski definition) is 5. The van der Waals surface area contributed by atoms with Crippen molar-refractivity contribution in [3.63, 3.8) is 0 Å². The van der Waals surface area contributed by atoms with Crippen molar-refractivity contribution in [2.45, 2.75) is 24.9 Å². The van der Waals surface area contributed by atoms with Gasteiger partial charge in [-0.1, -0.05) is 6.07 Å². The second-order valence-electron chi connectivity index (χ2n) is 6.39. The molecule has 1 aliphatic carbocycles. The van der Waals surface area contributed by atoms with E-state index in [-0.39, 0.29) is 6.54 Å². The Bertz CT molecular complexity index is 1040. The first kappa shape index (κ1) is 16.3. The summed E-state index contributed by atoms with van der Waals surface area (Å²) in [5, 5.41) is 8.22. The normalized spacial score (nSPS) is 15.0. The van der Waals surface area contributed by atoms with Gasteiger partial charge in [-0.05, 0) is 37.1 Å². The van der Waals surface area contributed by atoms with E-state index >= 15 is 0 Å². The van der Waals surface area contributed by atoms with Crippen LogP contribution in [0, 0.1) is 0 Å². The molecule has 0 amide bonds. The molecule has 0 bridgehead atoms. The highest BCUT2D eigenvalue weighted by Crippen LogP contribution is 2.42. The Kier molecular flexibility index (Phi) is 3.95. The second kappa shape index (κ2) is 6.29. The Labute approximate surface area is 147 Å². The van der Waals surface area contributed by atoms with Gasteiger partial charge in [0, 0.05) is 18.6 Å². The number of pyridine rings is 1. The summed E-state index contributed by atoms with van der Waals surface area (Å²) in [7, 11) is 0. The molecule has 0 spiro atoms. The smallest absolute Gasteiger partial charge is 0.303 e. The van der Waals surface area contributed by atoms with E-state index in [9.17, 15) is 14.0 Å². The first-order valence-corrected chi connectivity index (χ1v) is 8.25. The minimum absolute atomic E-state index is 0.118. The molecule has 7 nitrogen and oxygen atoms in total. The third-order valence-electron chi connectivity index (χ3n) is 4.62. The molecule has 0 unspecified atom stereocenters. The molecule has 8 heteroatoms. The standard InChI is InChI=1S/C18H16FN5O2/c19-12-18(6-7-18)24-10-9-23(16(25)17(24)26)11-13-4-5-15(22-21-13)14-3-1-2-8-20-14/h1-5,8-10H,6-7,11-12H2. The minimum atomic E-state index is -0.820. The molecule has 0 atom stereocenters. The molecule has 0 radical (unpaired) electrons. The number of aromatic nitrogens is 5. The predicted octanol–water partition coefficient (Wildman–Crippen LogP) is 1.37. The molecule has 26 heavy (non-hydrogen) atoms. The van der Waals surface area contributed by atoms with Gasteiger partial charge in [0.05, 0.1) is 23.5 Å². The minimum Gasteiger partial charge on any atom is -0.303 e. The van der Waals surface area contributed by atoms with Gasteiger partial charge in [0.1, 0.15) is 12.4 Å². The quantitative estimate of drug-likeness (QED) is 0.647. The van der Waals surface area contributed by atoms with Gasteiger partial charge >= 0.3 is 11.1 Å². The third-order valence-corrected chi connectivity index (χ3v) is 4.62. The lowest BCUT2D eigenvalue weighted by Gasteiger charge is -2.15. The Balaban J connectivity index is 1.59. The summed E-state index contributed by atoms with van der Waals surface area (Å²) >= 11 is 0. The Morgan fingerprint density at radius 3 is 2.46 bits per heavy atom. The summed E-state index contributed by atoms with van der Waals surface area (Å²) in [4.78, 5) is 28.8. The second-order valence-corrected chi connectivity index (χ2v) is 6.39. The van der Waals surface area contributed by atoms with E-state index in [4.69, 9.17) is 0 Å². The van der Waals surface area contributed by atoms with Gasteiger partial charge < -0.3 is 9.13 Å². The maximum atomic E-state index is 13.2. The first-order valence-electron chi connectivity index (χ1n) is 8.25. The van der Waals surface area contributed by atoms with Gasteiger partial charge in [-0.15, -0.1) is 5.10 Å². The van der Waals surface area contributed by atoms with Crippen molar-refractivity contribution in [1.29, 1.82) is 0 Å². The molecule has 1 fully saturated rings. The molecule has 0 N–H and O–H groups in total. The van der Waals surface area contributed by atoms with Gasteiger partial charge in [0.15, 0.2) is 0 Å². The lowest BCUT2D eigenvalue weighted by molar-refractivity contribution is 0.326. The van der Waals surface area contributed by atoms with Crippen LogP contribution in [0.2, 0.25) is 0 Å². The van der Waals surface area contributed by atoms with Crippen LogP contribution in [0.4, 0.5) is 4.39 Å². The van der Waals surface area contributed by atoms with Crippen LogP contribution >= 0.6 is 0 Å². The molecule has 132 valence electrons. The van der Waals surface area contributed by atoms with Crippen molar-refractivity contribution in [2.75, 3.05) is 6.67 Å². The molecule has 3 heterocycles. The van der Waals surface area contributed by atoms with Crippen LogP contribution in [-0.4, -0.2) is 31.0 Å². The van der Waals surface area contributed by atoms with Gasteiger partial charge in [0.2, 0.25) is 0 Å². The van der Waals surface area contributed by atoms with Crippen LogP contribution in [0.15, 0.2) is 58.5 Å². The lowest BCUT2D eigenvalue weighted by atomic mass is 10.2. The fourth-order valence-electron chi connectivity index (χ4n) is 2.86. The third kappa shape index (κ3) is 2.83. The Morgan fingerprint density at radius 2 is 1.85 bits per heavy atom. The van der Waals surface area contributed by atoms with Gasteiger partial charge in [-0.2, -0.15) is 5.10 Å². The highest BCUT2D eigenvalue weighted by molar-refractivity contribution is 5.52. The Hall–Kier alpha value is -3.16. The zero-order chi connectivity index (χ0) is 18.1. The van der Waals surface area contributed by atoms with Crippen molar-refractivity contribution in [2.24, 2.45) is 0 Å². The summed E-state index contributed by atoms with van der Waals surface area (Å²) < 4.78 is 15.6. The first-order chi connectivity index (χ1) is 12.6. The maximum absolute atomic E-state index is 13.2. The predicted molar refractivity (Wildman–Crippen MR) is 92.5 cm³/mol. The van der Waals surface area contributed by atoms with Gasteiger partial charge in [-0.3, -0.25) is 14.6 Å². The lowest BCUT2D eigenvalue weighted by Crippen LogP contribution is -2.45. The summed E-state index contributed by atoms with van der Waals surface area (Å²) in [6.07, 6.45) is 5.80. The maximum Gasteiger partial charge on any atom is 0.317 e. The molecule has 0 aromatic carbocycles. The molecule has 0 aliphatic heterocycles. The fourth-order valence-corrected chi connectivity index (χ4v) is 2.86. The average molecular weight is 353 g/mol. The zero-order valence-corrected chi connectivity index (χ0v) is 13.9. The Morgan fingerprint density at radius 1 is 1.00 bits per heavy atom. The molecule has 1 saturated carbocycles. The van der Waals surface area contributed by atoms with E-state index in [0.29, 0.717) is 29.9 Å². The van der Waals surface area contributed by atoms with E-state index in [1.165, 1.54) is 21.5 Å².